The van der Waals surface area contributed by atoms with Gasteiger partial charge < -0.3 is 10.6 Å². The maximum absolute atomic E-state index is 14.2. The number of carbonyl (C=O) groups is 1. The molecule has 0 bridgehead atoms. The fraction of sp³-hybridized carbons (Fsp3) is 0.120. The Labute approximate surface area is 205 Å². The van der Waals surface area contributed by atoms with E-state index >= 15 is 0 Å². The first-order chi connectivity index (χ1) is 16.9. The fourth-order valence-electron chi connectivity index (χ4n) is 3.83. The molecule has 0 spiro atoms. The van der Waals surface area contributed by atoms with Gasteiger partial charge in [0, 0.05) is 49.1 Å². The fourth-order valence-corrected chi connectivity index (χ4v) is 3.95. The molecule has 5 aromatic rings. The van der Waals surface area contributed by atoms with Crippen molar-refractivity contribution < 1.29 is 9.18 Å². The van der Waals surface area contributed by atoms with Crippen molar-refractivity contribution in [3.8, 4) is 0 Å². The minimum atomic E-state index is -0.613. The average molecular weight is 490 g/mol. The van der Waals surface area contributed by atoms with Crippen molar-refractivity contribution >= 4 is 39.9 Å². The van der Waals surface area contributed by atoms with Crippen molar-refractivity contribution in [2.45, 2.75) is 6.04 Å². The van der Waals surface area contributed by atoms with Crippen LogP contribution in [0.1, 0.15) is 27.5 Å². The van der Waals surface area contributed by atoms with E-state index in [0.29, 0.717) is 16.9 Å². The van der Waals surface area contributed by atoms with Crippen LogP contribution in [0.15, 0.2) is 73.3 Å². The van der Waals surface area contributed by atoms with Gasteiger partial charge in [-0.25, -0.2) is 9.37 Å². The van der Waals surface area contributed by atoms with E-state index in [0.717, 1.165) is 22.2 Å². The van der Waals surface area contributed by atoms with E-state index in [-0.39, 0.29) is 10.9 Å². The topological polar surface area (TPSA) is 89.7 Å². The Morgan fingerprint density at radius 3 is 2.57 bits per heavy atom. The van der Waals surface area contributed by atoms with E-state index < -0.39 is 11.9 Å². The van der Waals surface area contributed by atoms with Crippen molar-refractivity contribution in [1.82, 2.24) is 29.9 Å². The second-order valence-corrected chi connectivity index (χ2v) is 8.53. The number of halogens is 2. The van der Waals surface area contributed by atoms with Crippen LogP contribution in [0.5, 0.6) is 0 Å². The number of rotatable bonds is 6. The number of hydrogen-bond donors (Lipinski definition) is 2. The van der Waals surface area contributed by atoms with Gasteiger partial charge in [-0.3, -0.25) is 14.2 Å². The number of anilines is 2. The Morgan fingerprint density at radius 1 is 1.00 bits per heavy atom. The second kappa shape index (κ2) is 9.19. The van der Waals surface area contributed by atoms with Crippen molar-refractivity contribution in [3.63, 3.8) is 0 Å². The van der Waals surface area contributed by atoms with Crippen LogP contribution in [0.4, 0.5) is 16.0 Å². The summed E-state index contributed by atoms with van der Waals surface area (Å²) in [4.78, 5) is 17.7. The third-order valence-electron chi connectivity index (χ3n) is 5.67. The van der Waals surface area contributed by atoms with Gasteiger partial charge >= 0.3 is 0 Å². The van der Waals surface area contributed by atoms with Crippen LogP contribution in [-0.4, -0.2) is 30.5 Å². The molecular weight excluding hydrogens is 469 g/mol. The molecule has 0 aliphatic rings. The summed E-state index contributed by atoms with van der Waals surface area (Å²) in [5.74, 6) is 0.553. The first kappa shape index (κ1) is 22.5. The van der Waals surface area contributed by atoms with E-state index in [1.54, 1.807) is 59.4 Å². The minimum absolute atomic E-state index is 0.0173. The van der Waals surface area contributed by atoms with E-state index in [2.05, 4.69) is 25.8 Å². The molecule has 0 aliphatic heterocycles. The van der Waals surface area contributed by atoms with Gasteiger partial charge in [0.25, 0.3) is 5.91 Å². The molecule has 10 heteroatoms. The number of carbonyl (C=O) groups excluding carboxylic acids is 1. The molecule has 0 fully saturated rings. The summed E-state index contributed by atoms with van der Waals surface area (Å²) in [5.41, 5.74) is 1.73. The molecule has 0 saturated carbocycles. The highest BCUT2D eigenvalue weighted by Gasteiger charge is 2.21. The lowest BCUT2D eigenvalue weighted by Crippen LogP contribution is -2.29. The van der Waals surface area contributed by atoms with Crippen molar-refractivity contribution in [2.24, 2.45) is 14.1 Å². The summed E-state index contributed by atoms with van der Waals surface area (Å²) < 4.78 is 17.5. The molecule has 0 radical (unpaired) electrons. The quantitative estimate of drug-likeness (QED) is 0.359. The molecule has 1 unspecified atom stereocenters. The standard InChI is InChI=1S/C25H21ClFN7O/c1-33-14-19(13-30-33)24(15-5-6-20(26)21(27)10-15)32-25(35)16-3-4-17-12-28-22(11-18(17)9-16)31-23-7-8-29-34(23)2/h3-14,24H,1-2H3,(H,28,31)(H,32,35). The Bertz CT molecular complexity index is 1540. The van der Waals surface area contributed by atoms with Gasteiger partial charge in [-0.15, -0.1) is 0 Å². The highest BCUT2D eigenvalue weighted by Crippen LogP contribution is 2.27. The molecule has 1 amide bonds. The zero-order valence-corrected chi connectivity index (χ0v) is 19.7. The van der Waals surface area contributed by atoms with Crippen LogP contribution < -0.4 is 10.6 Å². The Hall–Kier alpha value is -4.24. The number of amides is 1. The zero-order chi connectivity index (χ0) is 24.5. The molecule has 5 rings (SSSR count). The average Bonchev–Trinajstić information content (AvgIpc) is 3.46. The number of pyridine rings is 1. The van der Waals surface area contributed by atoms with Crippen LogP contribution in [0.3, 0.4) is 0 Å². The lowest BCUT2D eigenvalue weighted by Gasteiger charge is -2.19. The van der Waals surface area contributed by atoms with Gasteiger partial charge in [0.2, 0.25) is 0 Å². The maximum atomic E-state index is 14.2. The minimum Gasteiger partial charge on any atom is -0.341 e. The van der Waals surface area contributed by atoms with Crippen LogP contribution in [0.25, 0.3) is 10.8 Å². The highest BCUT2D eigenvalue weighted by atomic mass is 35.5. The molecule has 35 heavy (non-hydrogen) atoms. The molecule has 0 saturated heterocycles. The Balaban J connectivity index is 1.45. The molecule has 3 aromatic heterocycles. The van der Waals surface area contributed by atoms with E-state index in [4.69, 9.17) is 11.6 Å². The zero-order valence-electron chi connectivity index (χ0n) is 18.9. The van der Waals surface area contributed by atoms with E-state index in [9.17, 15) is 9.18 Å². The number of fused-ring (bicyclic) bond motifs is 1. The molecule has 1 atom stereocenters. The Kier molecular flexibility index (Phi) is 5.92. The summed E-state index contributed by atoms with van der Waals surface area (Å²) in [5, 5.41) is 16.3. The molecule has 0 aliphatic carbocycles. The van der Waals surface area contributed by atoms with Gasteiger partial charge in [-0.2, -0.15) is 10.2 Å². The predicted molar refractivity (Wildman–Crippen MR) is 132 cm³/mol. The molecule has 176 valence electrons. The van der Waals surface area contributed by atoms with Crippen LogP contribution >= 0.6 is 11.6 Å². The normalized spacial score (nSPS) is 12.0. The lowest BCUT2D eigenvalue weighted by molar-refractivity contribution is 0.0943. The smallest absolute Gasteiger partial charge is 0.252 e. The first-order valence-corrected chi connectivity index (χ1v) is 11.1. The molecular formula is C25H21ClFN7O. The number of aromatic nitrogens is 5. The molecule has 2 N–H and O–H groups in total. The third-order valence-corrected chi connectivity index (χ3v) is 5.98. The van der Waals surface area contributed by atoms with Crippen molar-refractivity contribution in [2.75, 3.05) is 5.32 Å². The first-order valence-electron chi connectivity index (χ1n) is 10.8. The maximum Gasteiger partial charge on any atom is 0.252 e. The van der Waals surface area contributed by atoms with Crippen LogP contribution in [0, 0.1) is 5.82 Å². The van der Waals surface area contributed by atoms with Crippen molar-refractivity contribution in [3.05, 3.63) is 101 Å². The SMILES string of the molecule is Cn1cc(C(NC(=O)c2ccc3cnc(Nc4ccnn4C)cc3c2)c2ccc(Cl)c(F)c2)cn1. The molecule has 2 aromatic carbocycles. The monoisotopic (exact) mass is 489 g/mol. The van der Waals surface area contributed by atoms with Gasteiger partial charge in [-0.1, -0.05) is 23.7 Å². The summed E-state index contributed by atoms with van der Waals surface area (Å²) in [6.07, 6.45) is 6.85. The van der Waals surface area contributed by atoms with Gasteiger partial charge in [0.05, 0.1) is 23.5 Å². The molecule has 8 nitrogen and oxygen atoms in total. The number of hydrogen-bond acceptors (Lipinski definition) is 5. The highest BCUT2D eigenvalue weighted by molar-refractivity contribution is 6.30. The van der Waals surface area contributed by atoms with Gasteiger partial charge in [0.15, 0.2) is 0 Å². The van der Waals surface area contributed by atoms with Gasteiger partial charge in [0.1, 0.15) is 17.5 Å². The van der Waals surface area contributed by atoms with Crippen molar-refractivity contribution in [1.29, 1.82) is 0 Å². The predicted octanol–water partition coefficient (Wildman–Crippen LogP) is 4.76. The summed E-state index contributed by atoms with van der Waals surface area (Å²) in [7, 11) is 3.61. The number of nitrogens with one attached hydrogen (secondary N) is 2. The van der Waals surface area contributed by atoms with Crippen LogP contribution in [0.2, 0.25) is 5.02 Å². The third kappa shape index (κ3) is 4.71. The molecule has 3 heterocycles. The summed E-state index contributed by atoms with van der Waals surface area (Å²) in [6, 6.07) is 12.9. The largest absolute Gasteiger partial charge is 0.341 e. The van der Waals surface area contributed by atoms with Crippen LogP contribution in [-0.2, 0) is 14.1 Å². The number of benzene rings is 2. The van der Waals surface area contributed by atoms with Gasteiger partial charge in [-0.05, 0) is 41.3 Å². The number of aryl methyl sites for hydroxylation is 2. The van der Waals surface area contributed by atoms with E-state index in [1.165, 1.54) is 12.1 Å². The van der Waals surface area contributed by atoms with E-state index in [1.807, 2.05) is 25.2 Å². The summed E-state index contributed by atoms with van der Waals surface area (Å²) in [6.45, 7) is 0. The lowest BCUT2D eigenvalue weighted by atomic mass is 10.0. The number of nitrogens with zero attached hydrogens (tertiary/aromatic N) is 5. The second-order valence-electron chi connectivity index (χ2n) is 8.12. The summed E-state index contributed by atoms with van der Waals surface area (Å²) >= 11 is 5.86. The Morgan fingerprint density at radius 2 is 1.86 bits per heavy atom.